The molecular formula is C15H14O. The number of rotatable bonds is 4. The second-order valence-corrected chi connectivity index (χ2v) is 3.69. The van der Waals surface area contributed by atoms with Crippen LogP contribution in [0.3, 0.4) is 0 Å². The lowest BCUT2D eigenvalue weighted by atomic mass is 10.1. The van der Waals surface area contributed by atoms with E-state index < -0.39 is 0 Å². The first kappa shape index (κ1) is 10.7. The Hall–Kier alpha value is -1.78. The van der Waals surface area contributed by atoms with Gasteiger partial charge in [-0.15, -0.1) is 12.3 Å². The summed E-state index contributed by atoms with van der Waals surface area (Å²) in [6, 6.07) is 14.7. The Bertz CT molecular complexity index is 508. The quantitative estimate of drug-likeness (QED) is 0.555. The van der Waals surface area contributed by atoms with Gasteiger partial charge in [0.2, 0.25) is 0 Å². The molecule has 0 amide bonds. The average molecular weight is 210 g/mol. The maximum absolute atomic E-state index is 5.47. The summed E-state index contributed by atoms with van der Waals surface area (Å²) in [6.45, 7) is 1.26. The summed E-state index contributed by atoms with van der Waals surface area (Å²) < 4.78 is 5.47. The fraction of sp³-hybridized carbons (Fsp3) is 0.200. The molecular weight excluding hydrogens is 196 g/mol. The largest absolute Gasteiger partial charge is 0.376 e. The Morgan fingerprint density at radius 3 is 2.69 bits per heavy atom. The minimum absolute atomic E-state index is 0.628. The van der Waals surface area contributed by atoms with Crippen LogP contribution in [-0.4, -0.2) is 6.61 Å². The topological polar surface area (TPSA) is 9.23 Å². The number of hydrogen-bond donors (Lipinski definition) is 0. The first-order valence-electron chi connectivity index (χ1n) is 5.39. The summed E-state index contributed by atoms with van der Waals surface area (Å²) >= 11 is 0. The third kappa shape index (κ3) is 2.62. The highest BCUT2D eigenvalue weighted by Gasteiger charge is 1.96. The van der Waals surface area contributed by atoms with E-state index in [0.717, 1.165) is 0 Å². The van der Waals surface area contributed by atoms with Gasteiger partial charge in [-0.25, -0.2) is 0 Å². The third-order valence-electron chi connectivity index (χ3n) is 2.47. The van der Waals surface area contributed by atoms with Crippen LogP contribution in [0, 0.1) is 12.3 Å². The molecule has 0 aliphatic heterocycles. The van der Waals surface area contributed by atoms with Crippen molar-refractivity contribution in [3.05, 3.63) is 48.0 Å². The van der Waals surface area contributed by atoms with Gasteiger partial charge in [0.1, 0.15) is 0 Å². The van der Waals surface area contributed by atoms with Crippen LogP contribution in [0.2, 0.25) is 0 Å². The van der Waals surface area contributed by atoms with Crippen molar-refractivity contribution in [2.45, 2.75) is 13.0 Å². The van der Waals surface area contributed by atoms with Crippen LogP contribution >= 0.6 is 0 Å². The van der Waals surface area contributed by atoms with Gasteiger partial charge >= 0.3 is 0 Å². The van der Waals surface area contributed by atoms with E-state index in [4.69, 9.17) is 11.2 Å². The van der Waals surface area contributed by atoms with Crippen molar-refractivity contribution in [1.82, 2.24) is 0 Å². The summed E-state index contributed by atoms with van der Waals surface area (Å²) in [4.78, 5) is 0. The Labute approximate surface area is 96.1 Å². The molecule has 80 valence electrons. The highest BCUT2D eigenvalue weighted by Crippen LogP contribution is 2.16. The summed E-state index contributed by atoms with van der Waals surface area (Å²) in [5, 5.41) is 2.51. The van der Waals surface area contributed by atoms with Crippen molar-refractivity contribution in [2.75, 3.05) is 6.61 Å². The van der Waals surface area contributed by atoms with Gasteiger partial charge in [0.25, 0.3) is 0 Å². The summed E-state index contributed by atoms with van der Waals surface area (Å²) in [5.74, 6) is 2.56. The zero-order valence-corrected chi connectivity index (χ0v) is 9.15. The maximum Gasteiger partial charge on any atom is 0.0717 e. The molecule has 0 aliphatic rings. The van der Waals surface area contributed by atoms with Crippen molar-refractivity contribution in [3.63, 3.8) is 0 Å². The SMILES string of the molecule is C#CCCOCc1ccc2ccccc2c1. The molecule has 1 heteroatoms. The van der Waals surface area contributed by atoms with E-state index in [1.165, 1.54) is 16.3 Å². The predicted molar refractivity (Wildman–Crippen MR) is 67.1 cm³/mol. The number of hydrogen-bond acceptors (Lipinski definition) is 1. The van der Waals surface area contributed by atoms with E-state index in [9.17, 15) is 0 Å². The number of benzene rings is 2. The minimum atomic E-state index is 0.628. The molecule has 0 saturated heterocycles. The summed E-state index contributed by atoms with van der Waals surface area (Å²) in [7, 11) is 0. The van der Waals surface area contributed by atoms with Gasteiger partial charge in [-0.05, 0) is 22.4 Å². The van der Waals surface area contributed by atoms with E-state index in [0.29, 0.717) is 19.6 Å². The Balaban J connectivity index is 2.05. The molecule has 0 bridgehead atoms. The lowest BCUT2D eigenvalue weighted by molar-refractivity contribution is 0.126. The van der Waals surface area contributed by atoms with Crippen molar-refractivity contribution in [3.8, 4) is 12.3 Å². The molecule has 0 unspecified atom stereocenters. The standard InChI is InChI=1S/C15H14O/c1-2-3-10-16-12-13-8-9-14-6-4-5-7-15(14)11-13/h1,4-9,11H,3,10,12H2. The fourth-order valence-electron chi connectivity index (χ4n) is 1.65. The maximum atomic E-state index is 5.47. The van der Waals surface area contributed by atoms with Gasteiger partial charge < -0.3 is 4.74 Å². The zero-order valence-electron chi connectivity index (χ0n) is 9.15. The smallest absolute Gasteiger partial charge is 0.0717 e. The van der Waals surface area contributed by atoms with Gasteiger partial charge in [-0.3, -0.25) is 0 Å². The van der Waals surface area contributed by atoms with E-state index in [2.05, 4.69) is 36.3 Å². The number of terminal acetylenes is 1. The van der Waals surface area contributed by atoms with Gasteiger partial charge in [0, 0.05) is 6.42 Å². The van der Waals surface area contributed by atoms with Crippen LogP contribution in [0.5, 0.6) is 0 Å². The minimum Gasteiger partial charge on any atom is -0.376 e. The number of ether oxygens (including phenoxy) is 1. The summed E-state index contributed by atoms with van der Waals surface area (Å²) in [5.41, 5.74) is 1.19. The van der Waals surface area contributed by atoms with Gasteiger partial charge in [-0.1, -0.05) is 36.4 Å². The van der Waals surface area contributed by atoms with Crippen molar-refractivity contribution in [2.24, 2.45) is 0 Å². The van der Waals surface area contributed by atoms with Gasteiger partial charge in [0.15, 0.2) is 0 Å². The molecule has 16 heavy (non-hydrogen) atoms. The molecule has 0 saturated carbocycles. The van der Waals surface area contributed by atoms with E-state index >= 15 is 0 Å². The average Bonchev–Trinajstić information content (AvgIpc) is 2.34. The van der Waals surface area contributed by atoms with E-state index in [1.807, 2.05) is 12.1 Å². The molecule has 0 heterocycles. The molecule has 0 N–H and O–H groups in total. The van der Waals surface area contributed by atoms with Crippen LogP contribution in [0.4, 0.5) is 0 Å². The van der Waals surface area contributed by atoms with Gasteiger partial charge in [0.05, 0.1) is 13.2 Å². The van der Waals surface area contributed by atoms with Crippen LogP contribution in [0.25, 0.3) is 10.8 Å². The zero-order chi connectivity index (χ0) is 11.2. The van der Waals surface area contributed by atoms with Crippen LogP contribution in [0.1, 0.15) is 12.0 Å². The van der Waals surface area contributed by atoms with Gasteiger partial charge in [-0.2, -0.15) is 0 Å². The highest BCUT2D eigenvalue weighted by molar-refractivity contribution is 5.82. The Kier molecular flexibility index (Phi) is 3.58. The predicted octanol–water partition coefficient (Wildman–Crippen LogP) is 3.38. The molecule has 0 atom stereocenters. The fourth-order valence-corrected chi connectivity index (χ4v) is 1.65. The monoisotopic (exact) mass is 210 g/mol. The lowest BCUT2D eigenvalue weighted by Crippen LogP contribution is -1.94. The van der Waals surface area contributed by atoms with Crippen LogP contribution in [-0.2, 0) is 11.3 Å². The van der Waals surface area contributed by atoms with Crippen molar-refractivity contribution >= 4 is 10.8 Å². The second kappa shape index (κ2) is 5.34. The van der Waals surface area contributed by atoms with Crippen molar-refractivity contribution in [1.29, 1.82) is 0 Å². The van der Waals surface area contributed by atoms with E-state index in [1.54, 1.807) is 0 Å². The van der Waals surface area contributed by atoms with Crippen LogP contribution < -0.4 is 0 Å². The molecule has 2 rings (SSSR count). The summed E-state index contributed by atoms with van der Waals surface area (Å²) in [6.07, 6.45) is 5.83. The van der Waals surface area contributed by atoms with Crippen LogP contribution in [0.15, 0.2) is 42.5 Å². The Morgan fingerprint density at radius 1 is 1.06 bits per heavy atom. The molecule has 0 spiro atoms. The lowest BCUT2D eigenvalue weighted by Gasteiger charge is -2.04. The second-order valence-electron chi connectivity index (χ2n) is 3.69. The molecule has 0 aromatic heterocycles. The van der Waals surface area contributed by atoms with E-state index in [-0.39, 0.29) is 0 Å². The van der Waals surface area contributed by atoms with Crippen molar-refractivity contribution < 1.29 is 4.74 Å². The number of fused-ring (bicyclic) bond motifs is 1. The molecule has 0 fully saturated rings. The molecule has 2 aromatic rings. The normalized spacial score (nSPS) is 10.2. The Morgan fingerprint density at radius 2 is 1.88 bits per heavy atom. The first-order chi connectivity index (χ1) is 7.90. The first-order valence-corrected chi connectivity index (χ1v) is 5.39. The molecule has 1 nitrogen and oxygen atoms in total. The molecule has 0 aliphatic carbocycles. The third-order valence-corrected chi connectivity index (χ3v) is 2.47. The molecule has 2 aromatic carbocycles. The highest BCUT2D eigenvalue weighted by atomic mass is 16.5. The molecule has 0 radical (unpaired) electrons.